The first-order valence-electron chi connectivity index (χ1n) is 10.00. The van der Waals surface area contributed by atoms with Crippen LogP contribution in [0, 0.1) is 5.82 Å². The summed E-state index contributed by atoms with van der Waals surface area (Å²) in [6.07, 6.45) is 4.83. The number of hydrogen-bond donors (Lipinski definition) is 2. The summed E-state index contributed by atoms with van der Waals surface area (Å²) in [5.41, 5.74) is 1.33. The summed E-state index contributed by atoms with van der Waals surface area (Å²) in [7, 11) is 0. The van der Waals surface area contributed by atoms with Gasteiger partial charge in [-0.3, -0.25) is 4.79 Å². The van der Waals surface area contributed by atoms with E-state index in [0.717, 1.165) is 26.1 Å². The Morgan fingerprint density at radius 3 is 2.74 bits per heavy atom. The van der Waals surface area contributed by atoms with Crippen molar-refractivity contribution in [2.24, 2.45) is 0 Å². The number of anilines is 1. The van der Waals surface area contributed by atoms with Gasteiger partial charge in [-0.25, -0.2) is 14.4 Å². The first-order chi connectivity index (χ1) is 15.0. The van der Waals surface area contributed by atoms with E-state index >= 15 is 0 Å². The molecule has 1 atom stereocenters. The number of ether oxygens (including phenoxy) is 1. The fourth-order valence-electron chi connectivity index (χ4n) is 3.63. The third kappa shape index (κ3) is 4.92. The molecule has 31 heavy (non-hydrogen) atoms. The van der Waals surface area contributed by atoms with Gasteiger partial charge in [0.1, 0.15) is 18.0 Å². The Kier molecular flexibility index (Phi) is 6.60. The Balaban J connectivity index is 1.59. The monoisotopic (exact) mass is 444 g/mol. The van der Waals surface area contributed by atoms with E-state index in [4.69, 9.17) is 16.3 Å². The Morgan fingerprint density at radius 2 is 2.03 bits per heavy atom. The van der Waals surface area contributed by atoms with Crippen molar-refractivity contribution in [3.8, 4) is 11.3 Å². The number of benzene rings is 1. The number of hydrogen-bond acceptors (Lipinski definition) is 6. The third-order valence-corrected chi connectivity index (χ3v) is 5.63. The van der Waals surface area contributed by atoms with E-state index in [1.807, 2.05) is 0 Å². The van der Waals surface area contributed by atoms with E-state index in [2.05, 4.69) is 15.3 Å². The maximum absolute atomic E-state index is 13.9. The van der Waals surface area contributed by atoms with E-state index in [1.165, 1.54) is 29.1 Å². The van der Waals surface area contributed by atoms with Crippen LogP contribution in [0.5, 0.6) is 0 Å². The van der Waals surface area contributed by atoms with Crippen molar-refractivity contribution < 1.29 is 14.2 Å². The second kappa shape index (κ2) is 9.55. The smallest absolute Gasteiger partial charge is 0.251 e. The number of pyridine rings is 1. The SMILES string of the molecule is O=c1cc(-c2cc(NC3CCOCC3)ncn2)ccn1[C@H](CO)c1ccc(Cl)c(F)c1. The van der Waals surface area contributed by atoms with Gasteiger partial charge in [0.2, 0.25) is 0 Å². The molecule has 1 fully saturated rings. The van der Waals surface area contributed by atoms with Gasteiger partial charge in [-0.05, 0) is 36.6 Å². The van der Waals surface area contributed by atoms with Gasteiger partial charge in [0.15, 0.2) is 0 Å². The summed E-state index contributed by atoms with van der Waals surface area (Å²) in [6.45, 7) is 1.07. The Hall–Kier alpha value is -2.81. The van der Waals surface area contributed by atoms with Crippen LogP contribution in [0.3, 0.4) is 0 Å². The quantitative estimate of drug-likeness (QED) is 0.606. The molecule has 0 radical (unpaired) electrons. The van der Waals surface area contributed by atoms with Gasteiger partial charge in [0.05, 0.1) is 23.4 Å². The van der Waals surface area contributed by atoms with Crippen LogP contribution in [-0.4, -0.2) is 45.5 Å². The molecule has 1 aromatic carbocycles. The van der Waals surface area contributed by atoms with Crippen molar-refractivity contribution in [3.05, 3.63) is 75.7 Å². The molecule has 3 heterocycles. The summed E-state index contributed by atoms with van der Waals surface area (Å²) in [6, 6.07) is 8.74. The minimum absolute atomic E-state index is 0.0166. The summed E-state index contributed by atoms with van der Waals surface area (Å²) in [5, 5.41) is 13.2. The first kappa shape index (κ1) is 21.4. The van der Waals surface area contributed by atoms with E-state index in [1.54, 1.807) is 24.4 Å². The molecule has 0 unspecified atom stereocenters. The number of aliphatic hydroxyl groups excluding tert-OH is 1. The average Bonchev–Trinajstić information content (AvgIpc) is 2.78. The molecule has 162 valence electrons. The van der Waals surface area contributed by atoms with Gasteiger partial charge < -0.3 is 19.7 Å². The lowest BCUT2D eigenvalue weighted by Crippen LogP contribution is -2.28. The van der Waals surface area contributed by atoms with E-state index < -0.39 is 11.9 Å². The zero-order chi connectivity index (χ0) is 21.8. The maximum atomic E-state index is 13.9. The molecule has 9 heteroatoms. The lowest BCUT2D eigenvalue weighted by molar-refractivity contribution is 0.0904. The topological polar surface area (TPSA) is 89.3 Å². The summed E-state index contributed by atoms with van der Waals surface area (Å²) < 4.78 is 20.6. The third-order valence-electron chi connectivity index (χ3n) is 5.32. The van der Waals surface area contributed by atoms with Gasteiger partial charge in [0.25, 0.3) is 5.56 Å². The molecule has 0 spiro atoms. The molecule has 0 amide bonds. The van der Waals surface area contributed by atoms with Crippen LogP contribution in [0.25, 0.3) is 11.3 Å². The second-order valence-corrected chi connectivity index (χ2v) is 7.76. The van der Waals surface area contributed by atoms with Crippen molar-refractivity contribution in [1.29, 1.82) is 0 Å². The Morgan fingerprint density at radius 1 is 1.23 bits per heavy atom. The van der Waals surface area contributed by atoms with Crippen LogP contribution >= 0.6 is 11.6 Å². The maximum Gasteiger partial charge on any atom is 0.251 e. The second-order valence-electron chi connectivity index (χ2n) is 7.35. The minimum Gasteiger partial charge on any atom is -0.394 e. The summed E-state index contributed by atoms with van der Waals surface area (Å²) in [4.78, 5) is 21.3. The van der Waals surface area contributed by atoms with Gasteiger partial charge in [0, 0.05) is 43.1 Å². The lowest BCUT2D eigenvalue weighted by Gasteiger charge is -2.23. The molecule has 7 nitrogen and oxygen atoms in total. The number of aliphatic hydroxyl groups is 1. The first-order valence-corrected chi connectivity index (χ1v) is 10.4. The fourth-order valence-corrected chi connectivity index (χ4v) is 3.74. The molecular formula is C22H22ClFN4O3. The number of rotatable bonds is 6. The van der Waals surface area contributed by atoms with Crippen LogP contribution in [0.15, 0.2) is 53.7 Å². The van der Waals surface area contributed by atoms with Crippen molar-refractivity contribution in [2.45, 2.75) is 24.9 Å². The highest BCUT2D eigenvalue weighted by atomic mass is 35.5. The largest absolute Gasteiger partial charge is 0.394 e. The Bertz CT molecular complexity index is 1120. The fraction of sp³-hybridized carbons (Fsp3) is 0.318. The van der Waals surface area contributed by atoms with Crippen molar-refractivity contribution in [3.63, 3.8) is 0 Å². The highest BCUT2D eigenvalue weighted by Crippen LogP contribution is 2.24. The molecule has 2 N–H and O–H groups in total. The summed E-state index contributed by atoms with van der Waals surface area (Å²) >= 11 is 5.74. The highest BCUT2D eigenvalue weighted by molar-refractivity contribution is 6.30. The molecular weight excluding hydrogens is 423 g/mol. The van der Waals surface area contributed by atoms with Crippen molar-refractivity contribution in [1.82, 2.24) is 14.5 Å². The molecule has 1 aliphatic heterocycles. The molecule has 2 aromatic heterocycles. The lowest BCUT2D eigenvalue weighted by atomic mass is 10.1. The number of aromatic nitrogens is 3. The zero-order valence-electron chi connectivity index (χ0n) is 16.7. The molecule has 3 aromatic rings. The van der Waals surface area contributed by atoms with Crippen LogP contribution in [0.2, 0.25) is 5.02 Å². The molecule has 0 aliphatic carbocycles. The van der Waals surface area contributed by atoms with Gasteiger partial charge in [-0.2, -0.15) is 0 Å². The number of nitrogens with zero attached hydrogens (tertiary/aromatic N) is 3. The standard InChI is InChI=1S/C22H22ClFN4O3/c23-17-2-1-15(9-18(17)24)20(12-29)28-6-3-14(10-22(28)30)19-11-21(26-13-25-19)27-16-4-7-31-8-5-16/h1-3,6,9-11,13,16,20,29H,4-5,7-8,12H2,(H,25,26,27)/t20-/m1/s1. The normalized spacial score (nSPS) is 15.6. The molecule has 0 saturated carbocycles. The van der Waals surface area contributed by atoms with Gasteiger partial charge >= 0.3 is 0 Å². The summed E-state index contributed by atoms with van der Waals surface area (Å²) in [5.74, 6) is 0.0822. The van der Waals surface area contributed by atoms with E-state index in [-0.39, 0.29) is 23.2 Å². The molecule has 4 rings (SSSR count). The van der Waals surface area contributed by atoms with Crippen LogP contribution in [-0.2, 0) is 4.74 Å². The van der Waals surface area contributed by atoms with Crippen molar-refractivity contribution in [2.75, 3.05) is 25.1 Å². The van der Waals surface area contributed by atoms with Crippen LogP contribution in [0.1, 0.15) is 24.4 Å². The van der Waals surface area contributed by atoms with E-state index in [0.29, 0.717) is 22.6 Å². The van der Waals surface area contributed by atoms with Crippen LogP contribution < -0.4 is 10.9 Å². The minimum atomic E-state index is -0.732. The molecule has 1 saturated heterocycles. The van der Waals surface area contributed by atoms with Crippen molar-refractivity contribution >= 4 is 17.4 Å². The Labute approximate surface area is 183 Å². The average molecular weight is 445 g/mol. The molecule has 0 bridgehead atoms. The van der Waals surface area contributed by atoms with Crippen LogP contribution in [0.4, 0.5) is 10.2 Å². The van der Waals surface area contributed by atoms with Gasteiger partial charge in [-0.1, -0.05) is 17.7 Å². The number of halogens is 2. The number of nitrogens with one attached hydrogen (secondary N) is 1. The predicted molar refractivity (Wildman–Crippen MR) is 116 cm³/mol. The predicted octanol–water partition coefficient (Wildman–Crippen LogP) is 3.27. The van der Waals surface area contributed by atoms with Gasteiger partial charge in [-0.15, -0.1) is 0 Å². The zero-order valence-corrected chi connectivity index (χ0v) is 17.4. The van der Waals surface area contributed by atoms with E-state index in [9.17, 15) is 14.3 Å². The highest BCUT2D eigenvalue weighted by Gasteiger charge is 2.17. The molecule has 1 aliphatic rings.